The van der Waals surface area contributed by atoms with Gasteiger partial charge in [0, 0.05) is 12.7 Å². The SMILES string of the molecule is CCc1nc2ccccn2c1C(=O)NCCC(=O)O. The summed E-state index contributed by atoms with van der Waals surface area (Å²) in [7, 11) is 0. The van der Waals surface area contributed by atoms with Gasteiger partial charge in [-0.2, -0.15) is 0 Å². The molecule has 100 valence electrons. The van der Waals surface area contributed by atoms with Crippen LogP contribution in [0, 0.1) is 0 Å². The van der Waals surface area contributed by atoms with Gasteiger partial charge in [-0.1, -0.05) is 13.0 Å². The smallest absolute Gasteiger partial charge is 0.305 e. The molecule has 2 aromatic heterocycles. The topological polar surface area (TPSA) is 83.7 Å². The highest BCUT2D eigenvalue weighted by atomic mass is 16.4. The number of rotatable bonds is 5. The van der Waals surface area contributed by atoms with Crippen molar-refractivity contribution in [3.05, 3.63) is 35.8 Å². The van der Waals surface area contributed by atoms with Crippen molar-refractivity contribution >= 4 is 17.5 Å². The summed E-state index contributed by atoms with van der Waals surface area (Å²) in [5.41, 5.74) is 1.89. The Labute approximate surface area is 110 Å². The number of pyridine rings is 1. The van der Waals surface area contributed by atoms with Crippen molar-refractivity contribution in [1.82, 2.24) is 14.7 Å². The number of aliphatic carboxylic acids is 1. The van der Waals surface area contributed by atoms with Gasteiger partial charge in [0.05, 0.1) is 12.1 Å². The predicted molar refractivity (Wildman–Crippen MR) is 69.2 cm³/mol. The Morgan fingerprint density at radius 1 is 1.42 bits per heavy atom. The van der Waals surface area contributed by atoms with Crippen molar-refractivity contribution in [1.29, 1.82) is 0 Å². The molecule has 0 aliphatic rings. The first kappa shape index (κ1) is 13.1. The molecular formula is C13H15N3O3. The first-order valence-corrected chi connectivity index (χ1v) is 6.09. The summed E-state index contributed by atoms with van der Waals surface area (Å²) in [4.78, 5) is 26.9. The molecule has 2 rings (SSSR count). The quantitative estimate of drug-likeness (QED) is 0.844. The molecule has 0 saturated heterocycles. The van der Waals surface area contributed by atoms with Crippen molar-refractivity contribution in [3.8, 4) is 0 Å². The van der Waals surface area contributed by atoms with Crippen molar-refractivity contribution in [2.45, 2.75) is 19.8 Å². The minimum atomic E-state index is -0.936. The Kier molecular flexibility index (Phi) is 3.79. The van der Waals surface area contributed by atoms with E-state index in [2.05, 4.69) is 10.3 Å². The zero-order valence-electron chi connectivity index (χ0n) is 10.6. The first-order chi connectivity index (χ1) is 9.13. The fourth-order valence-electron chi connectivity index (χ4n) is 1.90. The van der Waals surface area contributed by atoms with Crippen LogP contribution in [-0.4, -0.2) is 32.9 Å². The normalized spacial score (nSPS) is 10.6. The van der Waals surface area contributed by atoms with E-state index < -0.39 is 5.97 Å². The maximum Gasteiger partial charge on any atom is 0.305 e. The van der Waals surface area contributed by atoms with E-state index in [1.54, 1.807) is 10.6 Å². The molecule has 2 heterocycles. The van der Waals surface area contributed by atoms with Gasteiger partial charge >= 0.3 is 5.97 Å². The molecule has 0 atom stereocenters. The van der Waals surface area contributed by atoms with Gasteiger partial charge in [0.25, 0.3) is 5.91 Å². The Bertz CT molecular complexity index is 619. The lowest BCUT2D eigenvalue weighted by molar-refractivity contribution is -0.136. The van der Waals surface area contributed by atoms with E-state index in [0.29, 0.717) is 23.5 Å². The van der Waals surface area contributed by atoms with Gasteiger partial charge in [-0.15, -0.1) is 0 Å². The van der Waals surface area contributed by atoms with Crippen LogP contribution in [0.5, 0.6) is 0 Å². The van der Waals surface area contributed by atoms with Crippen LogP contribution in [0.25, 0.3) is 5.65 Å². The molecular weight excluding hydrogens is 246 g/mol. The highest BCUT2D eigenvalue weighted by Gasteiger charge is 2.17. The molecule has 2 N–H and O–H groups in total. The van der Waals surface area contributed by atoms with Gasteiger partial charge in [0.1, 0.15) is 11.3 Å². The van der Waals surface area contributed by atoms with Gasteiger partial charge in [0.2, 0.25) is 0 Å². The minimum absolute atomic E-state index is 0.0933. The number of aromatic nitrogens is 2. The number of carboxylic acids is 1. The number of amides is 1. The van der Waals surface area contributed by atoms with E-state index in [0.717, 1.165) is 0 Å². The lowest BCUT2D eigenvalue weighted by Crippen LogP contribution is -2.28. The minimum Gasteiger partial charge on any atom is -0.481 e. The molecule has 6 nitrogen and oxygen atoms in total. The molecule has 6 heteroatoms. The number of fused-ring (bicyclic) bond motifs is 1. The van der Waals surface area contributed by atoms with Crippen LogP contribution in [0.15, 0.2) is 24.4 Å². The molecule has 0 radical (unpaired) electrons. The van der Waals surface area contributed by atoms with Crippen LogP contribution in [0.1, 0.15) is 29.5 Å². The number of hydrogen-bond donors (Lipinski definition) is 2. The number of hydrogen-bond acceptors (Lipinski definition) is 3. The molecule has 0 unspecified atom stereocenters. The van der Waals surface area contributed by atoms with Crippen LogP contribution in [0.4, 0.5) is 0 Å². The molecule has 0 bridgehead atoms. The van der Waals surface area contributed by atoms with E-state index in [4.69, 9.17) is 5.11 Å². The van der Waals surface area contributed by atoms with E-state index >= 15 is 0 Å². The maximum absolute atomic E-state index is 12.1. The number of carbonyl (C=O) groups is 2. The summed E-state index contributed by atoms with van der Waals surface area (Å²) in [6.07, 6.45) is 2.32. The number of carboxylic acid groups (broad SMARTS) is 1. The summed E-state index contributed by atoms with van der Waals surface area (Å²) in [5, 5.41) is 11.2. The van der Waals surface area contributed by atoms with Gasteiger partial charge in [0.15, 0.2) is 0 Å². The number of nitrogens with one attached hydrogen (secondary N) is 1. The monoisotopic (exact) mass is 261 g/mol. The van der Waals surface area contributed by atoms with Crippen molar-refractivity contribution in [2.75, 3.05) is 6.54 Å². The molecule has 1 amide bonds. The van der Waals surface area contributed by atoms with Gasteiger partial charge in [-0.05, 0) is 18.6 Å². The van der Waals surface area contributed by atoms with E-state index in [-0.39, 0.29) is 18.9 Å². The average Bonchev–Trinajstić information content (AvgIpc) is 2.76. The second kappa shape index (κ2) is 5.51. The van der Waals surface area contributed by atoms with Gasteiger partial charge < -0.3 is 10.4 Å². The average molecular weight is 261 g/mol. The van der Waals surface area contributed by atoms with Crippen LogP contribution in [-0.2, 0) is 11.2 Å². The first-order valence-electron chi connectivity index (χ1n) is 6.09. The van der Waals surface area contributed by atoms with E-state index in [1.807, 2.05) is 25.1 Å². The Hall–Kier alpha value is -2.37. The number of imidazole rings is 1. The largest absolute Gasteiger partial charge is 0.481 e. The Morgan fingerprint density at radius 2 is 2.21 bits per heavy atom. The second-order valence-electron chi connectivity index (χ2n) is 4.09. The van der Waals surface area contributed by atoms with Crippen LogP contribution >= 0.6 is 0 Å². The summed E-state index contributed by atoms with van der Waals surface area (Å²) in [5.74, 6) is -1.23. The fourth-order valence-corrected chi connectivity index (χ4v) is 1.90. The lowest BCUT2D eigenvalue weighted by atomic mass is 10.2. The van der Waals surface area contributed by atoms with Crippen molar-refractivity contribution in [2.24, 2.45) is 0 Å². The zero-order chi connectivity index (χ0) is 13.8. The molecule has 0 aliphatic carbocycles. The van der Waals surface area contributed by atoms with Crippen LogP contribution < -0.4 is 5.32 Å². The summed E-state index contributed by atoms with van der Waals surface area (Å²) >= 11 is 0. The molecule has 0 saturated carbocycles. The summed E-state index contributed by atoms with van der Waals surface area (Å²) < 4.78 is 1.72. The predicted octanol–water partition coefficient (Wildman–Crippen LogP) is 1.10. The summed E-state index contributed by atoms with van der Waals surface area (Å²) in [6.45, 7) is 2.03. The van der Waals surface area contributed by atoms with Gasteiger partial charge in [-0.25, -0.2) is 4.98 Å². The molecule has 2 aromatic rings. The highest BCUT2D eigenvalue weighted by Crippen LogP contribution is 2.13. The number of carbonyl (C=O) groups excluding carboxylic acids is 1. The molecule has 0 aliphatic heterocycles. The molecule has 0 aromatic carbocycles. The molecule has 19 heavy (non-hydrogen) atoms. The molecule has 0 fully saturated rings. The van der Waals surface area contributed by atoms with Crippen LogP contribution in [0.2, 0.25) is 0 Å². The third-order valence-corrected chi connectivity index (χ3v) is 2.78. The number of aryl methyl sites for hydroxylation is 1. The molecule has 0 spiro atoms. The van der Waals surface area contributed by atoms with Gasteiger partial charge in [-0.3, -0.25) is 14.0 Å². The number of nitrogens with zero attached hydrogens (tertiary/aromatic N) is 2. The van der Waals surface area contributed by atoms with Crippen molar-refractivity contribution in [3.63, 3.8) is 0 Å². The van der Waals surface area contributed by atoms with Crippen LogP contribution in [0.3, 0.4) is 0 Å². The van der Waals surface area contributed by atoms with Crippen molar-refractivity contribution < 1.29 is 14.7 Å². The maximum atomic E-state index is 12.1. The Balaban J connectivity index is 2.27. The third kappa shape index (κ3) is 2.73. The second-order valence-corrected chi connectivity index (χ2v) is 4.09. The highest BCUT2D eigenvalue weighted by molar-refractivity contribution is 5.94. The zero-order valence-corrected chi connectivity index (χ0v) is 10.6. The van der Waals surface area contributed by atoms with E-state index in [1.165, 1.54) is 0 Å². The standard InChI is InChI=1S/C13H15N3O3/c1-2-9-12(13(19)14-7-6-11(17)18)16-8-4-3-5-10(16)15-9/h3-5,8H,2,6-7H2,1H3,(H,14,19)(H,17,18). The third-order valence-electron chi connectivity index (χ3n) is 2.78. The fraction of sp³-hybridized carbons (Fsp3) is 0.308. The van der Waals surface area contributed by atoms with E-state index in [9.17, 15) is 9.59 Å². The lowest BCUT2D eigenvalue weighted by Gasteiger charge is -2.05. The summed E-state index contributed by atoms with van der Waals surface area (Å²) in [6, 6.07) is 5.50. The Morgan fingerprint density at radius 3 is 2.89 bits per heavy atom.